The Labute approximate surface area is 160 Å². The lowest BCUT2D eigenvalue weighted by Crippen LogP contribution is -2.47. The van der Waals surface area contributed by atoms with Crippen LogP contribution in [0.3, 0.4) is 0 Å². The molecular formula is C19H20N6O3. The molecule has 9 nitrogen and oxygen atoms in total. The van der Waals surface area contributed by atoms with Crippen molar-refractivity contribution >= 4 is 28.2 Å². The molecule has 0 bridgehead atoms. The van der Waals surface area contributed by atoms with Gasteiger partial charge in [0.1, 0.15) is 11.4 Å². The Morgan fingerprint density at radius 2 is 2.18 bits per heavy atom. The largest absolute Gasteiger partial charge is 0.413 e. The lowest BCUT2D eigenvalue weighted by Gasteiger charge is -2.22. The Kier molecular flexibility index (Phi) is 4.23. The van der Waals surface area contributed by atoms with Gasteiger partial charge < -0.3 is 20.1 Å². The SMILES string of the molecule is Cc1ccc2c(-c3cnc4[nH]cc(OC(=O)NC(C)(C)CO)c4n3)n[nH]c2c1. The third-order valence-corrected chi connectivity index (χ3v) is 4.35. The van der Waals surface area contributed by atoms with Gasteiger partial charge in [0.25, 0.3) is 0 Å². The number of ether oxygens (including phenoxy) is 1. The van der Waals surface area contributed by atoms with Crippen molar-refractivity contribution in [3.63, 3.8) is 0 Å². The highest BCUT2D eigenvalue weighted by Gasteiger charge is 2.22. The maximum absolute atomic E-state index is 12.1. The second-order valence-corrected chi connectivity index (χ2v) is 7.28. The van der Waals surface area contributed by atoms with Crippen LogP contribution in [0.25, 0.3) is 33.5 Å². The molecule has 1 aromatic carbocycles. The fourth-order valence-electron chi connectivity index (χ4n) is 2.83. The van der Waals surface area contributed by atoms with E-state index in [1.165, 1.54) is 6.20 Å². The van der Waals surface area contributed by atoms with Crippen molar-refractivity contribution in [2.75, 3.05) is 6.61 Å². The summed E-state index contributed by atoms with van der Waals surface area (Å²) in [6.45, 7) is 5.17. The van der Waals surface area contributed by atoms with Crippen molar-refractivity contribution in [1.29, 1.82) is 0 Å². The van der Waals surface area contributed by atoms with Crippen LogP contribution in [0.1, 0.15) is 19.4 Å². The number of amides is 1. The second kappa shape index (κ2) is 6.61. The topological polar surface area (TPSA) is 129 Å². The molecular weight excluding hydrogens is 360 g/mol. The molecule has 3 aromatic heterocycles. The molecule has 0 spiro atoms. The number of rotatable bonds is 4. The third kappa shape index (κ3) is 3.27. The standard InChI is InChI=1S/C19H20N6O3/c1-10-4-5-11-12(6-10)24-25-15(11)13-7-20-17-16(22-13)14(8-21-17)28-18(27)23-19(2,3)9-26/h4-8,26H,9H2,1-3H3,(H,20,21)(H,23,27)(H,24,25). The van der Waals surface area contributed by atoms with Crippen molar-refractivity contribution < 1.29 is 14.6 Å². The molecule has 0 atom stereocenters. The first-order chi connectivity index (χ1) is 13.4. The fraction of sp³-hybridized carbons (Fsp3) is 0.263. The Bertz CT molecular complexity index is 1180. The summed E-state index contributed by atoms with van der Waals surface area (Å²) in [6.07, 6.45) is 2.45. The monoisotopic (exact) mass is 380 g/mol. The molecule has 0 fully saturated rings. The van der Waals surface area contributed by atoms with Crippen LogP contribution in [0.4, 0.5) is 4.79 Å². The predicted molar refractivity (Wildman–Crippen MR) is 104 cm³/mol. The average Bonchev–Trinajstić information content (AvgIpc) is 3.24. The number of fused-ring (bicyclic) bond motifs is 2. The number of aromatic nitrogens is 5. The van der Waals surface area contributed by atoms with Gasteiger partial charge in [-0.25, -0.2) is 14.8 Å². The first-order valence-electron chi connectivity index (χ1n) is 8.76. The number of aryl methyl sites for hydroxylation is 1. The number of aliphatic hydroxyl groups excluding tert-OH is 1. The van der Waals surface area contributed by atoms with Crippen molar-refractivity contribution in [3.8, 4) is 17.1 Å². The average molecular weight is 380 g/mol. The van der Waals surface area contributed by atoms with E-state index in [0.29, 0.717) is 22.6 Å². The number of carbonyl (C=O) groups is 1. The lowest BCUT2D eigenvalue weighted by atomic mass is 10.1. The van der Waals surface area contributed by atoms with Gasteiger partial charge in [0.05, 0.1) is 23.9 Å². The van der Waals surface area contributed by atoms with Crippen LogP contribution in [0.2, 0.25) is 0 Å². The molecule has 1 amide bonds. The normalized spacial score (nSPS) is 11.9. The zero-order valence-electron chi connectivity index (χ0n) is 15.7. The smallest absolute Gasteiger partial charge is 0.406 e. The van der Waals surface area contributed by atoms with E-state index in [4.69, 9.17) is 4.74 Å². The molecule has 0 unspecified atom stereocenters. The maximum Gasteiger partial charge on any atom is 0.413 e. The maximum atomic E-state index is 12.1. The fourth-order valence-corrected chi connectivity index (χ4v) is 2.83. The summed E-state index contributed by atoms with van der Waals surface area (Å²) in [4.78, 5) is 24.0. The van der Waals surface area contributed by atoms with E-state index < -0.39 is 11.6 Å². The van der Waals surface area contributed by atoms with Gasteiger partial charge in [0.2, 0.25) is 0 Å². The summed E-state index contributed by atoms with van der Waals surface area (Å²) in [6, 6.07) is 6.00. The quantitative estimate of drug-likeness (QED) is 0.431. The molecule has 144 valence electrons. The van der Waals surface area contributed by atoms with E-state index in [0.717, 1.165) is 16.5 Å². The minimum absolute atomic E-state index is 0.217. The summed E-state index contributed by atoms with van der Waals surface area (Å²) in [5.41, 5.74) is 3.37. The van der Waals surface area contributed by atoms with E-state index in [1.54, 1.807) is 20.0 Å². The number of benzene rings is 1. The molecule has 0 aliphatic carbocycles. The molecule has 0 saturated heterocycles. The van der Waals surface area contributed by atoms with E-state index in [-0.39, 0.29) is 12.4 Å². The van der Waals surface area contributed by atoms with Crippen LogP contribution >= 0.6 is 0 Å². The van der Waals surface area contributed by atoms with Gasteiger partial charge in [-0.3, -0.25) is 5.10 Å². The molecule has 0 aliphatic heterocycles. The van der Waals surface area contributed by atoms with Gasteiger partial charge in [-0.05, 0) is 32.4 Å². The Morgan fingerprint density at radius 3 is 2.96 bits per heavy atom. The molecule has 0 saturated carbocycles. The van der Waals surface area contributed by atoms with Crippen LogP contribution in [0, 0.1) is 6.92 Å². The molecule has 4 N–H and O–H groups in total. The number of aromatic amines is 2. The van der Waals surface area contributed by atoms with Gasteiger partial charge >= 0.3 is 6.09 Å². The minimum atomic E-state index is -0.799. The van der Waals surface area contributed by atoms with Gasteiger partial charge in [-0.15, -0.1) is 0 Å². The van der Waals surface area contributed by atoms with Gasteiger partial charge in [0, 0.05) is 11.6 Å². The highest BCUT2D eigenvalue weighted by atomic mass is 16.6. The number of nitrogens with one attached hydrogen (secondary N) is 3. The van der Waals surface area contributed by atoms with Crippen LogP contribution in [-0.2, 0) is 0 Å². The third-order valence-electron chi connectivity index (χ3n) is 4.35. The van der Waals surface area contributed by atoms with Crippen LogP contribution in [0.15, 0.2) is 30.6 Å². The summed E-state index contributed by atoms with van der Waals surface area (Å²) in [5, 5.41) is 20.2. The number of H-pyrrole nitrogens is 2. The van der Waals surface area contributed by atoms with E-state index in [9.17, 15) is 9.90 Å². The minimum Gasteiger partial charge on any atom is -0.406 e. The molecule has 0 radical (unpaired) electrons. The summed E-state index contributed by atoms with van der Waals surface area (Å²) in [5.74, 6) is 0.242. The van der Waals surface area contributed by atoms with Gasteiger partial charge in [-0.1, -0.05) is 12.1 Å². The van der Waals surface area contributed by atoms with E-state index in [1.807, 2.05) is 25.1 Å². The molecule has 9 heteroatoms. The summed E-state index contributed by atoms with van der Waals surface area (Å²) >= 11 is 0. The molecule has 28 heavy (non-hydrogen) atoms. The number of carbonyl (C=O) groups excluding carboxylic acids is 1. The first kappa shape index (κ1) is 17.9. The summed E-state index contributed by atoms with van der Waals surface area (Å²) in [7, 11) is 0. The zero-order valence-corrected chi connectivity index (χ0v) is 15.7. The van der Waals surface area contributed by atoms with Crippen LogP contribution < -0.4 is 10.1 Å². The Balaban J connectivity index is 1.69. The van der Waals surface area contributed by atoms with Crippen molar-refractivity contribution in [2.24, 2.45) is 0 Å². The Hall–Kier alpha value is -3.46. The number of hydrogen-bond donors (Lipinski definition) is 4. The number of hydrogen-bond acceptors (Lipinski definition) is 6. The zero-order chi connectivity index (χ0) is 19.9. The van der Waals surface area contributed by atoms with Crippen molar-refractivity contribution in [3.05, 3.63) is 36.2 Å². The lowest BCUT2D eigenvalue weighted by molar-refractivity contribution is 0.159. The van der Waals surface area contributed by atoms with Crippen LogP contribution in [0.5, 0.6) is 5.75 Å². The summed E-state index contributed by atoms with van der Waals surface area (Å²) < 4.78 is 5.36. The number of nitrogens with zero attached hydrogens (tertiary/aromatic N) is 3. The molecule has 4 rings (SSSR count). The second-order valence-electron chi connectivity index (χ2n) is 7.28. The molecule has 4 aromatic rings. The highest BCUT2D eigenvalue weighted by Crippen LogP contribution is 2.29. The van der Waals surface area contributed by atoms with Gasteiger partial charge in [0.15, 0.2) is 16.9 Å². The van der Waals surface area contributed by atoms with E-state index >= 15 is 0 Å². The number of aliphatic hydroxyl groups is 1. The van der Waals surface area contributed by atoms with Crippen molar-refractivity contribution in [1.82, 2.24) is 30.5 Å². The van der Waals surface area contributed by atoms with E-state index in [2.05, 4.69) is 30.5 Å². The highest BCUT2D eigenvalue weighted by molar-refractivity contribution is 5.93. The molecule has 0 aliphatic rings. The first-order valence-corrected chi connectivity index (χ1v) is 8.76. The van der Waals surface area contributed by atoms with Gasteiger partial charge in [-0.2, -0.15) is 5.10 Å². The molecule has 3 heterocycles. The Morgan fingerprint density at radius 1 is 1.36 bits per heavy atom. The predicted octanol–water partition coefficient (Wildman–Crippen LogP) is 2.67. The van der Waals surface area contributed by atoms with Crippen LogP contribution in [-0.4, -0.2) is 48.5 Å². The van der Waals surface area contributed by atoms with Crippen molar-refractivity contribution in [2.45, 2.75) is 26.3 Å².